The Morgan fingerprint density at radius 1 is 1.39 bits per heavy atom. The Labute approximate surface area is 101 Å². The smallest absolute Gasteiger partial charge is 0.159 e. The summed E-state index contributed by atoms with van der Waals surface area (Å²) in [5.74, 6) is -1.43. The van der Waals surface area contributed by atoms with Crippen molar-refractivity contribution in [2.75, 3.05) is 0 Å². The van der Waals surface area contributed by atoms with Gasteiger partial charge in [-0.1, -0.05) is 10.3 Å². The minimum absolute atomic E-state index is 0.0418. The predicted molar refractivity (Wildman–Crippen MR) is 59.4 cm³/mol. The highest BCUT2D eigenvalue weighted by molar-refractivity contribution is 5.63. The van der Waals surface area contributed by atoms with E-state index in [4.69, 9.17) is 10.1 Å². The van der Waals surface area contributed by atoms with E-state index in [0.29, 0.717) is 22.6 Å². The Bertz CT molecular complexity index is 632. The number of rotatable bonds is 3. The molecule has 2 aromatic rings. The van der Waals surface area contributed by atoms with Crippen molar-refractivity contribution < 1.29 is 13.3 Å². The minimum Gasteiger partial charge on any atom is -0.361 e. The van der Waals surface area contributed by atoms with Crippen molar-refractivity contribution in [3.05, 3.63) is 51.6 Å². The van der Waals surface area contributed by atoms with Crippen LogP contribution in [0.15, 0.2) is 27.8 Å². The van der Waals surface area contributed by atoms with Crippen LogP contribution >= 0.6 is 0 Å². The molecule has 0 amide bonds. The highest BCUT2D eigenvalue weighted by Crippen LogP contribution is 2.27. The second kappa shape index (κ2) is 4.85. The molecule has 0 aliphatic carbocycles. The third kappa shape index (κ3) is 2.16. The maximum atomic E-state index is 13.1. The van der Waals surface area contributed by atoms with Gasteiger partial charge >= 0.3 is 0 Å². The molecule has 0 saturated carbocycles. The molecule has 0 unspecified atom stereocenters. The van der Waals surface area contributed by atoms with Crippen LogP contribution in [0.25, 0.3) is 21.7 Å². The van der Waals surface area contributed by atoms with E-state index in [1.165, 1.54) is 6.07 Å². The molecule has 0 spiro atoms. The zero-order valence-electron chi connectivity index (χ0n) is 9.39. The van der Waals surface area contributed by atoms with E-state index in [-0.39, 0.29) is 6.54 Å². The second-order valence-electron chi connectivity index (χ2n) is 3.58. The van der Waals surface area contributed by atoms with Gasteiger partial charge in [-0.05, 0) is 30.7 Å². The Morgan fingerprint density at radius 3 is 2.83 bits per heavy atom. The standard InChI is InChI=1S/C11H8F2N4O/c1-6-8(5-15-17-14)11(16-18-6)7-2-3-9(12)10(13)4-7/h2-4H,5H2,1H3. The van der Waals surface area contributed by atoms with Crippen LogP contribution in [0, 0.1) is 18.6 Å². The van der Waals surface area contributed by atoms with Crippen LogP contribution < -0.4 is 0 Å². The molecule has 1 aromatic carbocycles. The highest BCUT2D eigenvalue weighted by atomic mass is 19.2. The van der Waals surface area contributed by atoms with Crippen LogP contribution in [0.1, 0.15) is 11.3 Å². The molecule has 7 heteroatoms. The van der Waals surface area contributed by atoms with Gasteiger partial charge in [-0.15, -0.1) is 0 Å². The molecule has 92 valence electrons. The van der Waals surface area contributed by atoms with Gasteiger partial charge in [0, 0.05) is 16.0 Å². The lowest BCUT2D eigenvalue weighted by Crippen LogP contribution is -1.90. The molecule has 0 aliphatic rings. The fourth-order valence-corrected chi connectivity index (χ4v) is 1.55. The molecule has 2 rings (SSSR count). The largest absolute Gasteiger partial charge is 0.361 e. The quantitative estimate of drug-likeness (QED) is 0.472. The lowest BCUT2D eigenvalue weighted by molar-refractivity contribution is 0.398. The third-order valence-electron chi connectivity index (χ3n) is 2.47. The van der Waals surface area contributed by atoms with Gasteiger partial charge in [-0.3, -0.25) is 0 Å². The average molecular weight is 250 g/mol. The van der Waals surface area contributed by atoms with Crippen molar-refractivity contribution in [3.8, 4) is 11.3 Å². The Balaban J connectivity index is 2.49. The summed E-state index contributed by atoms with van der Waals surface area (Å²) in [6.07, 6.45) is 0. The van der Waals surface area contributed by atoms with Crippen LogP contribution in [0.4, 0.5) is 8.78 Å². The maximum Gasteiger partial charge on any atom is 0.159 e. The first-order valence-electron chi connectivity index (χ1n) is 5.05. The molecule has 0 fully saturated rings. The summed E-state index contributed by atoms with van der Waals surface area (Å²) in [4.78, 5) is 2.64. The molecule has 0 N–H and O–H groups in total. The zero-order valence-corrected chi connectivity index (χ0v) is 9.39. The number of hydrogen-bond acceptors (Lipinski definition) is 3. The molecule has 1 heterocycles. The first-order valence-corrected chi connectivity index (χ1v) is 5.05. The SMILES string of the molecule is Cc1onc(-c2ccc(F)c(F)c2)c1CN=[N+]=[N-]. The van der Waals surface area contributed by atoms with Gasteiger partial charge in [-0.25, -0.2) is 8.78 Å². The number of nitrogens with zero attached hydrogens (tertiary/aromatic N) is 4. The highest BCUT2D eigenvalue weighted by Gasteiger charge is 2.15. The van der Waals surface area contributed by atoms with E-state index >= 15 is 0 Å². The summed E-state index contributed by atoms with van der Waals surface area (Å²) >= 11 is 0. The summed E-state index contributed by atoms with van der Waals surface area (Å²) in [6.45, 7) is 1.69. The molecule has 0 aliphatic heterocycles. The van der Waals surface area contributed by atoms with Gasteiger partial charge in [0.15, 0.2) is 11.6 Å². The van der Waals surface area contributed by atoms with Crippen LogP contribution in [0.3, 0.4) is 0 Å². The van der Waals surface area contributed by atoms with Gasteiger partial charge in [-0.2, -0.15) is 0 Å². The van der Waals surface area contributed by atoms with Crippen molar-refractivity contribution in [2.24, 2.45) is 5.11 Å². The number of aryl methyl sites for hydroxylation is 1. The Morgan fingerprint density at radius 2 is 2.17 bits per heavy atom. The maximum absolute atomic E-state index is 13.1. The van der Waals surface area contributed by atoms with Gasteiger partial charge < -0.3 is 4.52 Å². The normalized spacial score (nSPS) is 10.2. The van der Waals surface area contributed by atoms with E-state index in [0.717, 1.165) is 12.1 Å². The molecule has 0 saturated heterocycles. The van der Waals surface area contributed by atoms with E-state index in [2.05, 4.69) is 15.2 Å². The van der Waals surface area contributed by atoms with Crippen molar-refractivity contribution in [1.82, 2.24) is 5.16 Å². The summed E-state index contributed by atoms with van der Waals surface area (Å²) in [5, 5.41) is 7.18. The molecule has 1 aromatic heterocycles. The third-order valence-corrected chi connectivity index (χ3v) is 2.47. The molecule has 0 atom stereocenters. The minimum atomic E-state index is -0.970. The molecule has 0 bridgehead atoms. The molecule has 5 nitrogen and oxygen atoms in total. The number of aromatic nitrogens is 1. The summed E-state index contributed by atoms with van der Waals surface area (Å²) in [7, 11) is 0. The fraction of sp³-hybridized carbons (Fsp3) is 0.182. The summed E-state index contributed by atoms with van der Waals surface area (Å²) in [5.41, 5.74) is 9.57. The number of halogens is 2. The zero-order chi connectivity index (χ0) is 13.1. The van der Waals surface area contributed by atoms with Crippen LogP contribution in [-0.4, -0.2) is 5.16 Å². The first kappa shape index (κ1) is 12.1. The van der Waals surface area contributed by atoms with Crippen molar-refractivity contribution in [3.63, 3.8) is 0 Å². The van der Waals surface area contributed by atoms with Crippen molar-refractivity contribution >= 4 is 0 Å². The lowest BCUT2D eigenvalue weighted by Gasteiger charge is -2.00. The van der Waals surface area contributed by atoms with E-state index in [1.54, 1.807) is 6.92 Å². The Kier molecular flexibility index (Phi) is 3.25. The van der Waals surface area contributed by atoms with Crippen molar-refractivity contribution in [2.45, 2.75) is 13.5 Å². The van der Waals surface area contributed by atoms with Gasteiger partial charge in [0.05, 0.1) is 6.54 Å². The second-order valence-corrected chi connectivity index (χ2v) is 3.58. The van der Waals surface area contributed by atoms with Crippen LogP contribution in [0.2, 0.25) is 0 Å². The number of azide groups is 1. The molecular formula is C11H8F2N4O. The van der Waals surface area contributed by atoms with E-state index in [1.807, 2.05) is 0 Å². The fourth-order valence-electron chi connectivity index (χ4n) is 1.55. The van der Waals surface area contributed by atoms with E-state index in [9.17, 15) is 8.78 Å². The molecule has 18 heavy (non-hydrogen) atoms. The van der Waals surface area contributed by atoms with Crippen molar-refractivity contribution in [1.29, 1.82) is 0 Å². The first-order chi connectivity index (χ1) is 8.63. The Hall–Kier alpha value is -2.40. The van der Waals surface area contributed by atoms with Crippen LogP contribution in [-0.2, 0) is 6.54 Å². The average Bonchev–Trinajstić information content (AvgIpc) is 2.72. The lowest BCUT2D eigenvalue weighted by atomic mass is 10.1. The topological polar surface area (TPSA) is 74.8 Å². The summed E-state index contributed by atoms with van der Waals surface area (Å²) in [6, 6.07) is 3.41. The van der Waals surface area contributed by atoms with E-state index < -0.39 is 11.6 Å². The van der Waals surface area contributed by atoms with Gasteiger partial charge in [0.1, 0.15) is 11.5 Å². The van der Waals surface area contributed by atoms with Crippen LogP contribution in [0.5, 0.6) is 0 Å². The number of benzene rings is 1. The number of hydrogen-bond donors (Lipinski definition) is 0. The van der Waals surface area contributed by atoms with Gasteiger partial charge in [0.25, 0.3) is 0 Å². The molecule has 0 radical (unpaired) electrons. The summed E-state index contributed by atoms with van der Waals surface area (Å²) < 4.78 is 30.9. The van der Waals surface area contributed by atoms with Gasteiger partial charge in [0.2, 0.25) is 0 Å². The predicted octanol–water partition coefficient (Wildman–Crippen LogP) is 3.74. The molecular weight excluding hydrogens is 242 g/mol. The monoisotopic (exact) mass is 250 g/mol.